The van der Waals surface area contributed by atoms with Gasteiger partial charge < -0.3 is 33.8 Å². The Balaban J connectivity index is 1.63. The molecule has 0 saturated carbocycles. The number of methoxy groups -OCH3 is 3. The fourth-order valence-electron chi connectivity index (χ4n) is 4.33. The van der Waals surface area contributed by atoms with E-state index in [-0.39, 0.29) is 28.8 Å². The summed E-state index contributed by atoms with van der Waals surface area (Å²) in [6.07, 6.45) is 1.38. The van der Waals surface area contributed by atoms with Crippen LogP contribution in [0.1, 0.15) is 27.6 Å². The van der Waals surface area contributed by atoms with E-state index in [1.807, 2.05) is 0 Å². The first-order valence-corrected chi connectivity index (χ1v) is 11.3. The molecule has 0 unspecified atom stereocenters. The Labute approximate surface area is 216 Å². The van der Waals surface area contributed by atoms with Crippen LogP contribution in [0.15, 0.2) is 70.7 Å². The lowest BCUT2D eigenvalue weighted by atomic mass is 9.83. The van der Waals surface area contributed by atoms with Crippen molar-refractivity contribution in [1.82, 2.24) is 10.2 Å². The molecular formula is C27H22N4O7. The van der Waals surface area contributed by atoms with Crippen LogP contribution in [-0.4, -0.2) is 37.5 Å². The van der Waals surface area contributed by atoms with Crippen molar-refractivity contribution in [1.29, 1.82) is 5.26 Å². The summed E-state index contributed by atoms with van der Waals surface area (Å²) in [5, 5.41) is 17.3. The number of furan rings is 1. The molecule has 3 N–H and O–H groups in total. The predicted molar refractivity (Wildman–Crippen MR) is 133 cm³/mol. The number of benzene rings is 2. The fraction of sp³-hybridized carbons (Fsp3) is 0.148. The molecule has 192 valence electrons. The molecule has 0 saturated heterocycles. The third-order valence-electron chi connectivity index (χ3n) is 6.02. The number of allylic oxidation sites excluding steroid dienone is 1. The maximum atomic E-state index is 12.4. The predicted octanol–water partition coefficient (Wildman–Crippen LogP) is 4.13. The monoisotopic (exact) mass is 514 g/mol. The molecule has 11 heteroatoms. The molecule has 0 fully saturated rings. The van der Waals surface area contributed by atoms with Gasteiger partial charge in [0, 0.05) is 5.56 Å². The molecule has 0 amide bonds. The van der Waals surface area contributed by atoms with Crippen molar-refractivity contribution in [2.45, 2.75) is 5.92 Å². The van der Waals surface area contributed by atoms with Crippen LogP contribution < -0.4 is 29.4 Å². The van der Waals surface area contributed by atoms with Crippen molar-refractivity contribution in [3.05, 3.63) is 83.1 Å². The van der Waals surface area contributed by atoms with Crippen molar-refractivity contribution in [2.24, 2.45) is 5.73 Å². The minimum absolute atomic E-state index is 0.0603. The molecule has 5 rings (SSSR count). The summed E-state index contributed by atoms with van der Waals surface area (Å²) < 4.78 is 32.8. The second-order valence-electron chi connectivity index (χ2n) is 8.10. The van der Waals surface area contributed by atoms with E-state index in [1.54, 1.807) is 42.5 Å². The van der Waals surface area contributed by atoms with Gasteiger partial charge in [-0.3, -0.25) is 5.10 Å². The largest absolute Gasteiger partial charge is 0.493 e. The van der Waals surface area contributed by atoms with Gasteiger partial charge in [-0.15, -0.1) is 5.10 Å². The summed E-state index contributed by atoms with van der Waals surface area (Å²) in [5.74, 6) is 0.375. The lowest BCUT2D eigenvalue weighted by Gasteiger charge is -2.24. The molecule has 2 aromatic heterocycles. The summed E-state index contributed by atoms with van der Waals surface area (Å²) >= 11 is 0. The van der Waals surface area contributed by atoms with Gasteiger partial charge in [0.05, 0.1) is 44.8 Å². The Kier molecular flexibility index (Phi) is 6.37. The number of nitrogens with two attached hydrogens (primary N) is 1. The highest BCUT2D eigenvalue weighted by Gasteiger charge is 2.36. The highest BCUT2D eigenvalue weighted by atomic mass is 16.5. The second kappa shape index (κ2) is 9.94. The van der Waals surface area contributed by atoms with Crippen molar-refractivity contribution in [3.8, 4) is 46.2 Å². The third kappa shape index (κ3) is 4.14. The highest BCUT2D eigenvalue weighted by Crippen LogP contribution is 2.48. The molecular weight excluding hydrogens is 492 g/mol. The molecule has 1 atom stereocenters. The molecule has 11 nitrogen and oxygen atoms in total. The molecule has 0 radical (unpaired) electrons. The summed E-state index contributed by atoms with van der Waals surface area (Å²) in [7, 11) is 4.55. The first kappa shape index (κ1) is 24.3. The van der Waals surface area contributed by atoms with Crippen molar-refractivity contribution in [2.75, 3.05) is 21.3 Å². The number of carbonyl (C=O) groups is 1. The molecule has 3 heterocycles. The number of H-pyrrole nitrogens is 1. The van der Waals surface area contributed by atoms with Gasteiger partial charge in [0.25, 0.3) is 0 Å². The topological polar surface area (TPSA) is 155 Å². The van der Waals surface area contributed by atoms with Gasteiger partial charge in [-0.25, -0.2) is 4.79 Å². The maximum Gasteiger partial charge on any atom is 0.379 e. The molecule has 0 aliphatic carbocycles. The smallest absolute Gasteiger partial charge is 0.379 e. The lowest BCUT2D eigenvalue weighted by molar-refractivity contribution is 0.0701. The lowest BCUT2D eigenvalue weighted by Crippen LogP contribution is -2.21. The number of rotatable bonds is 7. The number of aromatic nitrogens is 2. The van der Waals surface area contributed by atoms with Gasteiger partial charge in [0.1, 0.15) is 17.4 Å². The van der Waals surface area contributed by atoms with Gasteiger partial charge in [-0.05, 0) is 42.0 Å². The average molecular weight is 514 g/mol. The van der Waals surface area contributed by atoms with Gasteiger partial charge in [0.2, 0.25) is 23.3 Å². The minimum atomic E-state index is -0.696. The van der Waals surface area contributed by atoms with Crippen LogP contribution in [0.3, 0.4) is 0 Å². The minimum Gasteiger partial charge on any atom is -0.493 e. The number of ether oxygens (including phenoxy) is 5. The number of hydrogen-bond acceptors (Lipinski definition) is 10. The first-order chi connectivity index (χ1) is 18.5. The van der Waals surface area contributed by atoms with Gasteiger partial charge >= 0.3 is 5.97 Å². The number of nitrogens with zero attached hydrogens (tertiary/aromatic N) is 2. The summed E-state index contributed by atoms with van der Waals surface area (Å²) in [6, 6.07) is 15.5. The zero-order chi connectivity index (χ0) is 26.8. The van der Waals surface area contributed by atoms with E-state index in [1.165, 1.54) is 33.7 Å². The Morgan fingerprint density at radius 1 is 1.08 bits per heavy atom. The van der Waals surface area contributed by atoms with Crippen LogP contribution in [-0.2, 0) is 0 Å². The zero-order valence-corrected chi connectivity index (χ0v) is 20.6. The van der Waals surface area contributed by atoms with Gasteiger partial charge in [-0.2, -0.15) is 5.26 Å². The Morgan fingerprint density at radius 3 is 2.47 bits per heavy atom. The SMILES string of the molecule is COc1cc(-c2[nH]nc3c2[C@H](c2cccc(OC(=O)c4ccco4)c2)C(C#N)=C(N)O3)cc(OC)c1OC. The quantitative estimate of drug-likeness (QED) is 0.272. The molecule has 1 aliphatic heterocycles. The average Bonchev–Trinajstić information content (AvgIpc) is 3.62. The molecule has 1 aliphatic rings. The first-order valence-electron chi connectivity index (χ1n) is 11.3. The van der Waals surface area contributed by atoms with E-state index in [2.05, 4.69) is 16.3 Å². The van der Waals surface area contributed by atoms with Crippen LogP contribution in [0.5, 0.6) is 28.9 Å². The number of nitriles is 1. The number of carbonyl (C=O) groups excluding carboxylic acids is 1. The zero-order valence-electron chi connectivity index (χ0n) is 20.6. The van der Waals surface area contributed by atoms with Crippen LogP contribution >= 0.6 is 0 Å². The van der Waals surface area contributed by atoms with Crippen LogP contribution in [0.4, 0.5) is 0 Å². The van der Waals surface area contributed by atoms with Gasteiger partial charge in [-0.1, -0.05) is 12.1 Å². The second-order valence-corrected chi connectivity index (χ2v) is 8.10. The molecule has 0 bridgehead atoms. The summed E-state index contributed by atoms with van der Waals surface area (Å²) in [5.41, 5.74) is 8.64. The Hall–Kier alpha value is -5.37. The highest BCUT2D eigenvalue weighted by molar-refractivity contribution is 5.88. The van der Waals surface area contributed by atoms with Gasteiger partial charge in [0.15, 0.2) is 11.5 Å². The number of hydrogen-bond donors (Lipinski definition) is 2. The van der Waals surface area contributed by atoms with E-state index in [4.69, 9.17) is 33.8 Å². The standard InChI is InChI=1S/C27H22N4O7/c1-33-19-11-15(12-20(34-2)24(19)35-3)23-22-21(17(13-28)25(29)38-26(22)31-30-23)14-6-4-7-16(10-14)37-27(32)18-8-5-9-36-18/h4-12,21H,29H2,1-3H3,(H,30,31)/t21-/m1/s1. The maximum absolute atomic E-state index is 12.4. The number of esters is 1. The third-order valence-corrected chi connectivity index (χ3v) is 6.02. The van der Waals surface area contributed by atoms with Crippen molar-refractivity contribution < 1.29 is 32.9 Å². The van der Waals surface area contributed by atoms with E-state index in [9.17, 15) is 10.1 Å². The van der Waals surface area contributed by atoms with Crippen molar-refractivity contribution in [3.63, 3.8) is 0 Å². The molecule has 4 aromatic rings. The molecule has 38 heavy (non-hydrogen) atoms. The number of aromatic amines is 1. The van der Waals surface area contributed by atoms with Crippen LogP contribution in [0.2, 0.25) is 0 Å². The van der Waals surface area contributed by atoms with E-state index in [0.29, 0.717) is 39.6 Å². The van der Waals surface area contributed by atoms with E-state index < -0.39 is 11.9 Å². The number of nitrogens with one attached hydrogen (secondary N) is 1. The summed E-state index contributed by atoms with van der Waals surface area (Å²) in [6.45, 7) is 0. The molecule has 2 aromatic carbocycles. The van der Waals surface area contributed by atoms with E-state index in [0.717, 1.165) is 0 Å². The number of fused-ring (bicyclic) bond motifs is 1. The van der Waals surface area contributed by atoms with Crippen LogP contribution in [0, 0.1) is 11.3 Å². The Bertz CT molecular complexity index is 1560. The van der Waals surface area contributed by atoms with E-state index >= 15 is 0 Å². The van der Waals surface area contributed by atoms with Crippen LogP contribution in [0.25, 0.3) is 11.3 Å². The van der Waals surface area contributed by atoms with Crippen molar-refractivity contribution >= 4 is 5.97 Å². The fourth-order valence-corrected chi connectivity index (χ4v) is 4.33. The molecule has 0 spiro atoms. The summed E-state index contributed by atoms with van der Waals surface area (Å²) in [4.78, 5) is 12.4. The normalized spacial score (nSPS) is 14.2. The Morgan fingerprint density at radius 2 is 1.84 bits per heavy atom.